The first kappa shape index (κ1) is 25.1. The highest BCUT2D eigenvalue weighted by atomic mass is 35.5. The van der Waals surface area contributed by atoms with E-state index in [0.29, 0.717) is 51.4 Å². The topological polar surface area (TPSA) is 119 Å². The fourth-order valence-electron chi connectivity index (χ4n) is 4.34. The quantitative estimate of drug-likeness (QED) is 0.391. The lowest BCUT2D eigenvalue weighted by molar-refractivity contribution is 0.0993. The molecule has 2 heterocycles. The molecule has 5 rings (SSSR count). The number of nitrogens with two attached hydrogens (primary N) is 1. The van der Waals surface area contributed by atoms with E-state index in [1.807, 2.05) is 0 Å². The van der Waals surface area contributed by atoms with Crippen LogP contribution in [0.25, 0.3) is 10.9 Å². The van der Waals surface area contributed by atoms with E-state index in [2.05, 4.69) is 27.6 Å². The highest BCUT2D eigenvalue weighted by Gasteiger charge is 2.24. The lowest BCUT2D eigenvalue weighted by Gasteiger charge is -2.28. The molecule has 2 aromatic carbocycles. The van der Waals surface area contributed by atoms with Crippen molar-refractivity contribution in [3.05, 3.63) is 53.2 Å². The number of halogens is 1. The molecule has 10 heteroatoms. The highest BCUT2D eigenvalue weighted by Crippen LogP contribution is 2.35. The van der Waals surface area contributed by atoms with Gasteiger partial charge in [-0.15, -0.1) is 0 Å². The number of hydrogen-bond donors (Lipinski definition) is 3. The van der Waals surface area contributed by atoms with E-state index >= 15 is 0 Å². The molecule has 3 amide bonds. The zero-order valence-corrected chi connectivity index (χ0v) is 21.4. The number of aromatic nitrogens is 1. The van der Waals surface area contributed by atoms with Gasteiger partial charge >= 0.3 is 6.03 Å². The van der Waals surface area contributed by atoms with Crippen LogP contribution in [0, 0.1) is 5.92 Å². The van der Waals surface area contributed by atoms with Gasteiger partial charge < -0.3 is 30.7 Å². The van der Waals surface area contributed by atoms with Gasteiger partial charge in [0, 0.05) is 29.8 Å². The van der Waals surface area contributed by atoms with E-state index in [4.69, 9.17) is 26.8 Å². The summed E-state index contributed by atoms with van der Waals surface area (Å²) < 4.78 is 12.2. The van der Waals surface area contributed by atoms with Crippen molar-refractivity contribution in [2.24, 2.45) is 11.7 Å². The van der Waals surface area contributed by atoms with Gasteiger partial charge in [0.15, 0.2) is 0 Å². The molecule has 1 aromatic heterocycles. The maximum Gasteiger partial charge on any atom is 0.319 e. The Balaban J connectivity index is 1.34. The van der Waals surface area contributed by atoms with E-state index in [9.17, 15) is 9.59 Å². The summed E-state index contributed by atoms with van der Waals surface area (Å²) >= 11 is 6.39. The number of nitrogens with one attached hydrogen (secondary N) is 2. The number of amides is 3. The number of fused-ring (bicyclic) bond motifs is 1. The van der Waals surface area contributed by atoms with Crippen LogP contribution in [0.2, 0.25) is 5.02 Å². The minimum absolute atomic E-state index is 0.242. The van der Waals surface area contributed by atoms with Crippen molar-refractivity contribution in [1.29, 1.82) is 0 Å². The number of benzene rings is 2. The second-order valence-corrected chi connectivity index (χ2v) is 10.1. The molecule has 1 saturated carbocycles. The Labute approximate surface area is 220 Å². The molecule has 1 aliphatic carbocycles. The molecule has 0 atom stereocenters. The SMILES string of the molecule is CN1CCC(COc2cc3nccc(Oc4ccc(NC(=O)NC5CC5)c(Cl)c4)c3cc2C(N)=O)CC1. The molecule has 1 saturated heterocycles. The Morgan fingerprint density at radius 3 is 2.59 bits per heavy atom. The van der Waals surface area contributed by atoms with Crippen molar-refractivity contribution in [2.45, 2.75) is 31.7 Å². The normalized spacial score (nSPS) is 16.4. The lowest BCUT2D eigenvalue weighted by Crippen LogP contribution is -2.32. The van der Waals surface area contributed by atoms with Gasteiger partial charge in [-0.1, -0.05) is 11.6 Å². The number of urea groups is 1. The predicted octanol–water partition coefficient (Wildman–Crippen LogP) is 4.78. The minimum Gasteiger partial charge on any atom is -0.492 e. The summed E-state index contributed by atoms with van der Waals surface area (Å²) in [6, 6.07) is 10.1. The summed E-state index contributed by atoms with van der Waals surface area (Å²) in [6.07, 6.45) is 5.72. The summed E-state index contributed by atoms with van der Waals surface area (Å²) in [5.41, 5.74) is 7.07. The third kappa shape index (κ3) is 6.23. The van der Waals surface area contributed by atoms with E-state index in [-0.39, 0.29) is 17.6 Å². The minimum atomic E-state index is -0.585. The Bertz CT molecular complexity index is 1320. The number of rotatable bonds is 8. The summed E-state index contributed by atoms with van der Waals surface area (Å²) in [5.74, 6) is 1.22. The second kappa shape index (κ2) is 10.8. The summed E-state index contributed by atoms with van der Waals surface area (Å²) in [7, 11) is 2.12. The van der Waals surface area contributed by atoms with Crippen LogP contribution in [-0.4, -0.2) is 54.6 Å². The molecule has 0 spiro atoms. The molecule has 9 nitrogen and oxygen atoms in total. The maximum atomic E-state index is 12.3. The van der Waals surface area contributed by atoms with Gasteiger partial charge in [0.25, 0.3) is 5.91 Å². The van der Waals surface area contributed by atoms with Crippen LogP contribution in [0.5, 0.6) is 17.2 Å². The van der Waals surface area contributed by atoms with Crippen LogP contribution in [0.4, 0.5) is 10.5 Å². The van der Waals surface area contributed by atoms with Crippen molar-refractivity contribution >= 4 is 40.1 Å². The van der Waals surface area contributed by atoms with Gasteiger partial charge in [-0.3, -0.25) is 9.78 Å². The van der Waals surface area contributed by atoms with Crippen molar-refractivity contribution in [3.63, 3.8) is 0 Å². The molecular weight excluding hydrogens is 494 g/mol. The first-order valence-electron chi connectivity index (χ1n) is 12.4. The second-order valence-electron chi connectivity index (χ2n) is 9.71. The molecule has 2 aliphatic rings. The van der Waals surface area contributed by atoms with Crippen LogP contribution in [0.15, 0.2) is 42.6 Å². The molecule has 194 valence electrons. The smallest absolute Gasteiger partial charge is 0.319 e. The Morgan fingerprint density at radius 1 is 1.11 bits per heavy atom. The summed E-state index contributed by atoms with van der Waals surface area (Å²) in [4.78, 5) is 31.1. The van der Waals surface area contributed by atoms with Gasteiger partial charge in [0.05, 0.1) is 28.4 Å². The third-order valence-corrected chi connectivity index (χ3v) is 7.02. The van der Waals surface area contributed by atoms with Gasteiger partial charge in [-0.25, -0.2) is 4.79 Å². The number of likely N-dealkylation sites (tertiary alicyclic amines) is 1. The number of piperidine rings is 1. The van der Waals surface area contributed by atoms with Crippen molar-refractivity contribution < 1.29 is 19.1 Å². The molecular formula is C27H30ClN5O4. The highest BCUT2D eigenvalue weighted by molar-refractivity contribution is 6.33. The summed E-state index contributed by atoms with van der Waals surface area (Å²) in [5, 5.41) is 6.56. The molecule has 1 aliphatic heterocycles. The van der Waals surface area contributed by atoms with Crippen LogP contribution in [0.1, 0.15) is 36.0 Å². The molecule has 3 aromatic rings. The maximum absolute atomic E-state index is 12.3. The molecule has 0 unspecified atom stereocenters. The van der Waals surface area contributed by atoms with E-state index < -0.39 is 5.91 Å². The van der Waals surface area contributed by atoms with E-state index in [1.54, 1.807) is 42.6 Å². The fourth-order valence-corrected chi connectivity index (χ4v) is 4.56. The number of hydrogen-bond acceptors (Lipinski definition) is 6. The van der Waals surface area contributed by atoms with Gasteiger partial charge in [0.2, 0.25) is 0 Å². The van der Waals surface area contributed by atoms with Crippen molar-refractivity contribution in [2.75, 3.05) is 32.1 Å². The van der Waals surface area contributed by atoms with Crippen LogP contribution in [0.3, 0.4) is 0 Å². The monoisotopic (exact) mass is 523 g/mol. The van der Waals surface area contributed by atoms with Crippen molar-refractivity contribution in [1.82, 2.24) is 15.2 Å². The molecule has 2 fully saturated rings. The number of carbonyl (C=O) groups excluding carboxylic acids is 2. The molecule has 0 bridgehead atoms. The van der Waals surface area contributed by atoms with Crippen LogP contribution < -0.4 is 25.8 Å². The largest absolute Gasteiger partial charge is 0.492 e. The first-order chi connectivity index (χ1) is 17.9. The van der Waals surface area contributed by atoms with Crippen molar-refractivity contribution in [3.8, 4) is 17.2 Å². The van der Waals surface area contributed by atoms with Crippen LogP contribution in [-0.2, 0) is 0 Å². The number of nitrogens with zero attached hydrogens (tertiary/aromatic N) is 2. The number of ether oxygens (including phenoxy) is 2. The summed E-state index contributed by atoms with van der Waals surface area (Å²) in [6.45, 7) is 2.59. The molecule has 0 radical (unpaired) electrons. The Hall–Kier alpha value is -3.56. The Morgan fingerprint density at radius 2 is 1.89 bits per heavy atom. The number of pyridine rings is 1. The number of anilines is 1. The molecule has 37 heavy (non-hydrogen) atoms. The number of primary amides is 1. The van der Waals surface area contributed by atoms with Gasteiger partial charge in [-0.05, 0) is 76.0 Å². The third-order valence-electron chi connectivity index (χ3n) is 6.71. The average Bonchev–Trinajstić information content (AvgIpc) is 3.69. The van der Waals surface area contributed by atoms with Crippen LogP contribution >= 0.6 is 11.6 Å². The average molecular weight is 524 g/mol. The standard InChI is InChI=1S/C27H30ClN5O4/c1-33-10-7-16(8-11-33)15-36-25-14-23-19(13-20(25)26(29)34)24(6-9-30-23)37-18-4-5-22(21(28)12-18)32-27(35)31-17-2-3-17/h4-6,9,12-14,16-17H,2-3,7-8,10-11,15H2,1H3,(H2,29,34)(H2,31,32,35). The Kier molecular flexibility index (Phi) is 7.34. The molecule has 4 N–H and O–H groups in total. The lowest BCUT2D eigenvalue weighted by atomic mass is 9.98. The first-order valence-corrected chi connectivity index (χ1v) is 12.8. The van der Waals surface area contributed by atoms with E-state index in [1.165, 1.54) is 0 Å². The fraction of sp³-hybridized carbons (Fsp3) is 0.370. The number of carbonyl (C=O) groups is 2. The van der Waals surface area contributed by atoms with Gasteiger partial charge in [-0.2, -0.15) is 0 Å². The zero-order chi connectivity index (χ0) is 25.9. The van der Waals surface area contributed by atoms with E-state index in [0.717, 1.165) is 38.8 Å². The zero-order valence-electron chi connectivity index (χ0n) is 20.6. The predicted molar refractivity (Wildman–Crippen MR) is 143 cm³/mol. The van der Waals surface area contributed by atoms with Gasteiger partial charge in [0.1, 0.15) is 17.2 Å².